The van der Waals surface area contributed by atoms with Crippen molar-refractivity contribution in [2.45, 2.75) is 46.2 Å². The highest BCUT2D eigenvalue weighted by Crippen LogP contribution is 2.41. The molecule has 1 aliphatic rings. The summed E-state index contributed by atoms with van der Waals surface area (Å²) in [6, 6.07) is 8.99. The van der Waals surface area contributed by atoms with Gasteiger partial charge in [-0.05, 0) is 38.3 Å². The Hall–Kier alpha value is -1.97. The maximum atomic E-state index is 6.31. The summed E-state index contributed by atoms with van der Waals surface area (Å²) in [6.07, 6.45) is 2.11. The average molecular weight is 270 g/mol. The molecule has 4 heteroatoms. The number of nitrogens with two attached hydrogens (primary N) is 1. The van der Waals surface area contributed by atoms with E-state index >= 15 is 0 Å². The molecule has 0 aliphatic carbocycles. The third-order valence-corrected chi connectivity index (χ3v) is 4.02. The molecular formula is C16H22N4. The van der Waals surface area contributed by atoms with Gasteiger partial charge < -0.3 is 10.6 Å². The van der Waals surface area contributed by atoms with Crippen LogP contribution in [0.4, 0.5) is 17.2 Å². The smallest absolute Gasteiger partial charge is 0.155 e. The van der Waals surface area contributed by atoms with Gasteiger partial charge in [0.15, 0.2) is 5.82 Å². The number of nitrogens with zero attached hydrogens (tertiary/aromatic N) is 3. The van der Waals surface area contributed by atoms with Crippen molar-refractivity contribution in [1.82, 2.24) is 9.78 Å². The molecule has 1 atom stereocenters. The van der Waals surface area contributed by atoms with E-state index in [2.05, 4.69) is 52.8 Å². The minimum absolute atomic E-state index is 0.418. The van der Waals surface area contributed by atoms with Crippen LogP contribution in [0.15, 0.2) is 24.3 Å². The molecule has 1 aromatic carbocycles. The fourth-order valence-electron chi connectivity index (χ4n) is 3.09. The predicted octanol–water partition coefficient (Wildman–Crippen LogP) is 3.27. The van der Waals surface area contributed by atoms with E-state index in [0.29, 0.717) is 6.04 Å². The van der Waals surface area contributed by atoms with Crippen molar-refractivity contribution in [2.75, 3.05) is 10.6 Å². The standard InChI is InChI=1S/C16H22N4/c1-4-9-19-16(15(17)12(3)18-19)20-11(2)10-13-7-5-6-8-14(13)20/h5-8,11H,4,9-10,17H2,1-3H3. The summed E-state index contributed by atoms with van der Waals surface area (Å²) in [5.41, 5.74) is 10.7. The van der Waals surface area contributed by atoms with Crippen LogP contribution in [0.2, 0.25) is 0 Å². The molecule has 1 unspecified atom stereocenters. The number of aryl methyl sites for hydroxylation is 2. The second-order valence-corrected chi connectivity index (χ2v) is 5.60. The lowest BCUT2D eigenvalue weighted by Gasteiger charge is -2.26. The van der Waals surface area contributed by atoms with Gasteiger partial charge in [0.1, 0.15) is 0 Å². The molecule has 0 saturated heterocycles. The minimum Gasteiger partial charge on any atom is -0.394 e. The van der Waals surface area contributed by atoms with Crippen molar-refractivity contribution in [3.05, 3.63) is 35.5 Å². The first-order valence-electron chi connectivity index (χ1n) is 7.33. The van der Waals surface area contributed by atoms with Gasteiger partial charge in [0.25, 0.3) is 0 Å². The molecule has 0 amide bonds. The van der Waals surface area contributed by atoms with Gasteiger partial charge in [-0.2, -0.15) is 5.10 Å². The van der Waals surface area contributed by atoms with Crippen LogP contribution in [-0.4, -0.2) is 15.8 Å². The summed E-state index contributed by atoms with van der Waals surface area (Å²) in [6.45, 7) is 7.30. The Labute approximate surface area is 120 Å². The summed E-state index contributed by atoms with van der Waals surface area (Å²) >= 11 is 0. The molecule has 2 aromatic rings. The second-order valence-electron chi connectivity index (χ2n) is 5.60. The average Bonchev–Trinajstić information content (AvgIpc) is 2.88. The van der Waals surface area contributed by atoms with E-state index < -0.39 is 0 Å². The first-order valence-corrected chi connectivity index (χ1v) is 7.33. The van der Waals surface area contributed by atoms with Crippen LogP contribution in [0.5, 0.6) is 0 Å². The number of rotatable bonds is 3. The first kappa shape index (κ1) is 13.0. The van der Waals surface area contributed by atoms with Crippen LogP contribution < -0.4 is 10.6 Å². The number of aromatic nitrogens is 2. The normalized spacial score (nSPS) is 17.6. The molecule has 0 bridgehead atoms. The van der Waals surface area contributed by atoms with Crippen LogP contribution >= 0.6 is 0 Å². The zero-order valence-corrected chi connectivity index (χ0v) is 12.4. The van der Waals surface area contributed by atoms with Crippen LogP contribution in [0.25, 0.3) is 0 Å². The number of anilines is 3. The van der Waals surface area contributed by atoms with E-state index in [1.807, 2.05) is 6.92 Å². The van der Waals surface area contributed by atoms with E-state index in [9.17, 15) is 0 Å². The Morgan fingerprint density at radius 2 is 2.10 bits per heavy atom. The van der Waals surface area contributed by atoms with Gasteiger partial charge in [-0.15, -0.1) is 0 Å². The molecule has 0 radical (unpaired) electrons. The van der Waals surface area contributed by atoms with Gasteiger partial charge in [0.2, 0.25) is 0 Å². The molecule has 2 heterocycles. The largest absolute Gasteiger partial charge is 0.394 e. The van der Waals surface area contributed by atoms with Crippen LogP contribution in [0.1, 0.15) is 31.5 Å². The van der Waals surface area contributed by atoms with Crippen molar-refractivity contribution in [2.24, 2.45) is 0 Å². The van der Waals surface area contributed by atoms with Gasteiger partial charge in [-0.3, -0.25) is 0 Å². The third-order valence-electron chi connectivity index (χ3n) is 4.02. The van der Waals surface area contributed by atoms with Crippen molar-refractivity contribution < 1.29 is 0 Å². The van der Waals surface area contributed by atoms with Gasteiger partial charge in [0.05, 0.1) is 11.4 Å². The Bertz CT molecular complexity index is 629. The number of hydrogen-bond donors (Lipinski definition) is 1. The van der Waals surface area contributed by atoms with Crippen LogP contribution in [0.3, 0.4) is 0 Å². The van der Waals surface area contributed by atoms with Crippen molar-refractivity contribution >= 4 is 17.2 Å². The first-order chi connectivity index (χ1) is 9.63. The number of para-hydroxylation sites is 1. The summed E-state index contributed by atoms with van der Waals surface area (Å²) < 4.78 is 2.06. The number of fused-ring (bicyclic) bond motifs is 1. The lowest BCUT2D eigenvalue weighted by atomic mass is 10.1. The minimum atomic E-state index is 0.418. The summed E-state index contributed by atoms with van der Waals surface area (Å²) in [7, 11) is 0. The quantitative estimate of drug-likeness (QED) is 0.931. The lowest BCUT2D eigenvalue weighted by molar-refractivity contribution is 0.587. The highest BCUT2D eigenvalue weighted by molar-refractivity contribution is 5.77. The van der Waals surface area contributed by atoms with Crippen LogP contribution in [-0.2, 0) is 13.0 Å². The highest BCUT2D eigenvalue weighted by atomic mass is 15.4. The maximum Gasteiger partial charge on any atom is 0.155 e. The molecule has 20 heavy (non-hydrogen) atoms. The van der Waals surface area contributed by atoms with Crippen molar-refractivity contribution in [3.63, 3.8) is 0 Å². The van der Waals surface area contributed by atoms with Gasteiger partial charge >= 0.3 is 0 Å². The Morgan fingerprint density at radius 3 is 2.85 bits per heavy atom. The lowest BCUT2D eigenvalue weighted by Crippen LogP contribution is -2.27. The summed E-state index contributed by atoms with van der Waals surface area (Å²) in [5.74, 6) is 1.06. The fourth-order valence-corrected chi connectivity index (χ4v) is 3.09. The van der Waals surface area contributed by atoms with Gasteiger partial charge in [-0.1, -0.05) is 25.1 Å². The van der Waals surface area contributed by atoms with E-state index in [-0.39, 0.29) is 0 Å². The Balaban J connectivity index is 2.13. The molecule has 0 saturated carbocycles. The van der Waals surface area contributed by atoms with E-state index in [0.717, 1.165) is 36.6 Å². The predicted molar refractivity (Wildman–Crippen MR) is 83.4 cm³/mol. The van der Waals surface area contributed by atoms with Gasteiger partial charge in [-0.25, -0.2) is 4.68 Å². The van der Waals surface area contributed by atoms with E-state index in [4.69, 9.17) is 5.73 Å². The van der Waals surface area contributed by atoms with E-state index in [1.54, 1.807) is 0 Å². The zero-order valence-electron chi connectivity index (χ0n) is 12.4. The van der Waals surface area contributed by atoms with Crippen molar-refractivity contribution in [3.8, 4) is 0 Å². The second kappa shape index (κ2) is 4.85. The van der Waals surface area contributed by atoms with Crippen molar-refractivity contribution in [1.29, 1.82) is 0 Å². The monoisotopic (exact) mass is 270 g/mol. The maximum absolute atomic E-state index is 6.31. The molecule has 1 aromatic heterocycles. The topological polar surface area (TPSA) is 47.1 Å². The van der Waals surface area contributed by atoms with E-state index in [1.165, 1.54) is 11.3 Å². The SMILES string of the molecule is CCCn1nc(C)c(N)c1N1c2ccccc2CC1C. The molecule has 1 aliphatic heterocycles. The number of nitrogen functional groups attached to an aromatic ring is 1. The molecule has 4 nitrogen and oxygen atoms in total. The third kappa shape index (κ3) is 1.87. The molecule has 2 N–H and O–H groups in total. The molecule has 0 spiro atoms. The highest BCUT2D eigenvalue weighted by Gasteiger charge is 2.31. The summed E-state index contributed by atoms with van der Waals surface area (Å²) in [4.78, 5) is 2.35. The molecule has 3 rings (SSSR count). The summed E-state index contributed by atoms with van der Waals surface area (Å²) in [5, 5.41) is 4.60. The zero-order chi connectivity index (χ0) is 14.3. The van der Waals surface area contributed by atoms with Crippen LogP contribution in [0, 0.1) is 6.92 Å². The molecular weight excluding hydrogens is 248 g/mol. The fraction of sp³-hybridized carbons (Fsp3) is 0.438. The molecule has 0 fully saturated rings. The number of benzene rings is 1. The van der Waals surface area contributed by atoms with Gasteiger partial charge in [0, 0.05) is 18.3 Å². The number of hydrogen-bond acceptors (Lipinski definition) is 3. The Kier molecular flexibility index (Phi) is 3.16. The molecule has 106 valence electrons. The Morgan fingerprint density at radius 1 is 1.35 bits per heavy atom.